The molecule has 4 heteroatoms. The fourth-order valence-corrected chi connectivity index (χ4v) is 1.86. The third-order valence-electron chi connectivity index (χ3n) is 2.88. The molecule has 0 unspecified atom stereocenters. The smallest absolute Gasteiger partial charge is 0.231 e. The molecule has 0 aromatic heterocycles. The van der Waals surface area contributed by atoms with Gasteiger partial charge in [-0.1, -0.05) is 12.8 Å². The average Bonchev–Trinajstić information content (AvgIpc) is 2.85. The van der Waals surface area contributed by atoms with Gasteiger partial charge in [0.1, 0.15) is 0 Å². The first-order chi connectivity index (χ1) is 8.90. The molecule has 0 spiro atoms. The van der Waals surface area contributed by atoms with E-state index in [2.05, 4.69) is 4.99 Å². The second-order valence-electron chi connectivity index (χ2n) is 4.35. The molecule has 98 valence electrons. The van der Waals surface area contributed by atoms with Crippen molar-refractivity contribution in [3.05, 3.63) is 23.8 Å². The minimum Gasteiger partial charge on any atom is -0.454 e. The van der Waals surface area contributed by atoms with Crippen LogP contribution < -0.4 is 15.2 Å². The van der Waals surface area contributed by atoms with Crippen molar-refractivity contribution in [2.75, 3.05) is 19.9 Å². The molecule has 4 nitrogen and oxygen atoms in total. The highest BCUT2D eigenvalue weighted by atomic mass is 16.7. The van der Waals surface area contributed by atoms with Crippen molar-refractivity contribution in [1.82, 2.24) is 0 Å². The molecule has 2 rings (SSSR count). The first kappa shape index (κ1) is 12.9. The Morgan fingerprint density at radius 2 is 1.94 bits per heavy atom. The Hall–Kier alpha value is -1.55. The quantitative estimate of drug-likeness (QED) is 0.595. The molecule has 0 amide bonds. The van der Waals surface area contributed by atoms with Gasteiger partial charge in [0.25, 0.3) is 0 Å². The number of benzene rings is 1. The summed E-state index contributed by atoms with van der Waals surface area (Å²) in [4.78, 5) is 4.41. The van der Waals surface area contributed by atoms with Gasteiger partial charge in [0.2, 0.25) is 6.79 Å². The van der Waals surface area contributed by atoms with E-state index in [0.29, 0.717) is 6.79 Å². The standard InChI is InChI=1S/C14H20N2O2/c15-7-3-1-2-4-8-16-10-12-5-6-13-14(9-12)18-11-17-13/h5-6,9-10H,1-4,7-8,11,15H2. The topological polar surface area (TPSA) is 56.8 Å². The third kappa shape index (κ3) is 3.74. The van der Waals surface area contributed by atoms with E-state index in [9.17, 15) is 0 Å². The molecule has 0 radical (unpaired) electrons. The van der Waals surface area contributed by atoms with Gasteiger partial charge in [-0.2, -0.15) is 0 Å². The summed E-state index contributed by atoms with van der Waals surface area (Å²) in [5.74, 6) is 1.62. The lowest BCUT2D eigenvalue weighted by molar-refractivity contribution is 0.174. The van der Waals surface area contributed by atoms with E-state index in [1.165, 1.54) is 12.8 Å². The van der Waals surface area contributed by atoms with Crippen molar-refractivity contribution in [1.29, 1.82) is 0 Å². The van der Waals surface area contributed by atoms with Crippen LogP contribution >= 0.6 is 0 Å². The molecule has 1 aromatic carbocycles. The van der Waals surface area contributed by atoms with E-state index < -0.39 is 0 Å². The predicted molar refractivity (Wildman–Crippen MR) is 72.5 cm³/mol. The molecule has 0 saturated heterocycles. The molecule has 0 atom stereocenters. The van der Waals surface area contributed by atoms with Crippen LogP contribution in [0.4, 0.5) is 0 Å². The highest BCUT2D eigenvalue weighted by molar-refractivity contribution is 5.81. The molecule has 1 aliphatic rings. The highest BCUT2D eigenvalue weighted by Crippen LogP contribution is 2.31. The summed E-state index contributed by atoms with van der Waals surface area (Å²) in [6.07, 6.45) is 6.55. The van der Waals surface area contributed by atoms with Crippen molar-refractivity contribution in [3.63, 3.8) is 0 Å². The summed E-state index contributed by atoms with van der Waals surface area (Å²) < 4.78 is 10.6. The Morgan fingerprint density at radius 1 is 1.11 bits per heavy atom. The Morgan fingerprint density at radius 3 is 2.83 bits per heavy atom. The van der Waals surface area contributed by atoms with Gasteiger partial charge in [0.15, 0.2) is 11.5 Å². The minimum atomic E-state index is 0.317. The van der Waals surface area contributed by atoms with Crippen molar-refractivity contribution in [2.24, 2.45) is 10.7 Å². The second kappa shape index (κ2) is 7.01. The minimum absolute atomic E-state index is 0.317. The molecule has 1 aromatic rings. The largest absolute Gasteiger partial charge is 0.454 e. The molecule has 1 aliphatic heterocycles. The Labute approximate surface area is 108 Å². The van der Waals surface area contributed by atoms with E-state index >= 15 is 0 Å². The molecule has 0 bridgehead atoms. The number of aliphatic imine (C=N–C) groups is 1. The van der Waals surface area contributed by atoms with Crippen molar-refractivity contribution >= 4 is 6.21 Å². The van der Waals surface area contributed by atoms with Crippen LogP contribution in [0, 0.1) is 0 Å². The molecule has 0 aliphatic carbocycles. The lowest BCUT2D eigenvalue weighted by atomic mass is 10.2. The molecular formula is C14H20N2O2. The van der Waals surface area contributed by atoms with Crippen LogP contribution in [0.15, 0.2) is 23.2 Å². The van der Waals surface area contributed by atoms with Gasteiger partial charge in [-0.25, -0.2) is 0 Å². The summed E-state index contributed by atoms with van der Waals surface area (Å²) in [6.45, 7) is 1.98. The van der Waals surface area contributed by atoms with Gasteiger partial charge in [-0.3, -0.25) is 4.99 Å². The summed E-state index contributed by atoms with van der Waals surface area (Å²) >= 11 is 0. The number of ether oxygens (including phenoxy) is 2. The van der Waals surface area contributed by atoms with Gasteiger partial charge in [-0.15, -0.1) is 0 Å². The number of fused-ring (bicyclic) bond motifs is 1. The van der Waals surface area contributed by atoms with E-state index in [4.69, 9.17) is 15.2 Å². The zero-order valence-corrected chi connectivity index (χ0v) is 10.6. The van der Waals surface area contributed by atoms with Gasteiger partial charge < -0.3 is 15.2 Å². The number of nitrogens with zero attached hydrogens (tertiary/aromatic N) is 1. The van der Waals surface area contributed by atoms with Gasteiger partial charge >= 0.3 is 0 Å². The lowest BCUT2D eigenvalue weighted by Crippen LogP contribution is -1.97. The Bertz CT molecular complexity index is 405. The second-order valence-corrected chi connectivity index (χ2v) is 4.35. The lowest BCUT2D eigenvalue weighted by Gasteiger charge is -1.98. The van der Waals surface area contributed by atoms with Crippen LogP contribution in [-0.2, 0) is 0 Å². The molecule has 18 heavy (non-hydrogen) atoms. The normalized spacial score (nSPS) is 13.4. The molecule has 2 N–H and O–H groups in total. The van der Waals surface area contributed by atoms with Crippen molar-refractivity contribution in [3.8, 4) is 11.5 Å². The summed E-state index contributed by atoms with van der Waals surface area (Å²) in [6, 6.07) is 5.87. The summed E-state index contributed by atoms with van der Waals surface area (Å²) in [7, 11) is 0. The zero-order valence-electron chi connectivity index (χ0n) is 10.6. The van der Waals surface area contributed by atoms with Crippen molar-refractivity contribution < 1.29 is 9.47 Å². The van der Waals surface area contributed by atoms with Crippen LogP contribution in [0.2, 0.25) is 0 Å². The van der Waals surface area contributed by atoms with Crippen molar-refractivity contribution in [2.45, 2.75) is 25.7 Å². The predicted octanol–water partition coefficient (Wildman–Crippen LogP) is 2.35. The average molecular weight is 248 g/mol. The van der Waals surface area contributed by atoms with E-state index in [1.54, 1.807) is 0 Å². The third-order valence-corrected chi connectivity index (χ3v) is 2.88. The molecule has 1 heterocycles. The first-order valence-electron chi connectivity index (χ1n) is 6.49. The van der Waals surface area contributed by atoms with Crippen LogP contribution in [0.5, 0.6) is 11.5 Å². The van der Waals surface area contributed by atoms with E-state index in [-0.39, 0.29) is 0 Å². The number of rotatable bonds is 7. The van der Waals surface area contributed by atoms with Crippen LogP contribution in [0.3, 0.4) is 0 Å². The first-order valence-corrected chi connectivity index (χ1v) is 6.49. The Balaban J connectivity index is 1.72. The fraction of sp³-hybridized carbons (Fsp3) is 0.500. The highest BCUT2D eigenvalue weighted by Gasteiger charge is 2.12. The van der Waals surface area contributed by atoms with E-state index in [0.717, 1.165) is 43.0 Å². The SMILES string of the molecule is NCCCCCCN=Cc1ccc2c(c1)OCO2. The number of hydrogen-bond acceptors (Lipinski definition) is 4. The monoisotopic (exact) mass is 248 g/mol. The zero-order chi connectivity index (χ0) is 12.6. The maximum Gasteiger partial charge on any atom is 0.231 e. The number of unbranched alkanes of at least 4 members (excludes halogenated alkanes) is 3. The molecule has 0 saturated carbocycles. The van der Waals surface area contributed by atoms with Crippen LogP contribution in [0.25, 0.3) is 0 Å². The summed E-state index contributed by atoms with van der Waals surface area (Å²) in [5, 5.41) is 0. The van der Waals surface area contributed by atoms with Gasteiger partial charge in [-0.05, 0) is 43.1 Å². The molecule has 0 fully saturated rings. The van der Waals surface area contributed by atoms with Crippen LogP contribution in [0.1, 0.15) is 31.2 Å². The number of nitrogens with two attached hydrogens (primary N) is 1. The fourth-order valence-electron chi connectivity index (χ4n) is 1.86. The van der Waals surface area contributed by atoms with Crippen LogP contribution in [-0.4, -0.2) is 26.1 Å². The van der Waals surface area contributed by atoms with Gasteiger partial charge in [0, 0.05) is 12.8 Å². The Kier molecular flexibility index (Phi) is 5.02. The van der Waals surface area contributed by atoms with Gasteiger partial charge in [0.05, 0.1) is 0 Å². The maximum absolute atomic E-state index is 5.44. The van der Waals surface area contributed by atoms with E-state index in [1.807, 2.05) is 24.4 Å². The molecular weight excluding hydrogens is 228 g/mol. The maximum atomic E-state index is 5.44. The summed E-state index contributed by atoms with van der Waals surface area (Å²) in [5.41, 5.74) is 6.50. The number of hydrogen-bond donors (Lipinski definition) is 1.